The molecule has 0 radical (unpaired) electrons. The third-order valence-corrected chi connectivity index (χ3v) is 5.64. The van der Waals surface area contributed by atoms with Crippen LogP contribution in [0.1, 0.15) is 28.9 Å². The molecule has 0 N–H and O–H groups in total. The van der Waals surface area contributed by atoms with E-state index >= 15 is 0 Å². The van der Waals surface area contributed by atoms with Gasteiger partial charge in [0.05, 0.1) is 0 Å². The lowest BCUT2D eigenvalue weighted by Gasteiger charge is -2.12. The summed E-state index contributed by atoms with van der Waals surface area (Å²) in [5.74, 6) is 0.820. The fourth-order valence-electron chi connectivity index (χ4n) is 3.07. The fraction of sp³-hybridized carbons (Fsp3) is 0.238. The lowest BCUT2D eigenvalue weighted by Crippen LogP contribution is -2.27. The van der Waals surface area contributed by atoms with Crippen LogP contribution in [0.15, 0.2) is 53.9 Å². The summed E-state index contributed by atoms with van der Waals surface area (Å²) in [5, 5.41) is 3.40. The number of hydrogen-bond acceptors (Lipinski definition) is 4. The average Bonchev–Trinajstić information content (AvgIpc) is 3.38. The largest absolute Gasteiger partial charge is 0.489 e. The third kappa shape index (κ3) is 4.31. The predicted molar refractivity (Wildman–Crippen MR) is 108 cm³/mol. The van der Waals surface area contributed by atoms with E-state index in [1.165, 1.54) is 11.3 Å². The monoisotopic (exact) mass is 398 g/mol. The van der Waals surface area contributed by atoms with Gasteiger partial charge in [-0.25, -0.2) is 4.98 Å². The summed E-state index contributed by atoms with van der Waals surface area (Å²) in [6, 6.07) is 15.4. The number of nitrogens with zero attached hydrogens (tertiary/aromatic N) is 2. The van der Waals surface area contributed by atoms with E-state index in [2.05, 4.69) is 4.98 Å². The highest BCUT2D eigenvalue weighted by molar-refractivity contribution is 7.13. The second kappa shape index (κ2) is 8.11. The van der Waals surface area contributed by atoms with Crippen LogP contribution in [0, 0.1) is 0 Å². The average molecular weight is 399 g/mol. The van der Waals surface area contributed by atoms with Gasteiger partial charge in [0.25, 0.3) is 5.91 Å². The lowest BCUT2D eigenvalue weighted by molar-refractivity contribution is 0.0788. The Bertz CT molecular complexity index is 933. The number of thiazole rings is 1. The van der Waals surface area contributed by atoms with Gasteiger partial charge in [0.2, 0.25) is 0 Å². The second-order valence-corrected chi connectivity index (χ2v) is 7.77. The van der Waals surface area contributed by atoms with E-state index in [0.29, 0.717) is 17.3 Å². The number of carbonyl (C=O) groups is 1. The first-order valence-corrected chi connectivity index (χ1v) is 10.2. The number of carbonyl (C=O) groups excluding carboxylic acids is 1. The molecule has 0 unspecified atom stereocenters. The van der Waals surface area contributed by atoms with Gasteiger partial charge in [-0.15, -0.1) is 11.3 Å². The van der Waals surface area contributed by atoms with E-state index in [0.717, 1.165) is 47.8 Å². The molecular weight excluding hydrogens is 380 g/mol. The van der Waals surface area contributed by atoms with Gasteiger partial charge < -0.3 is 9.64 Å². The minimum absolute atomic E-state index is 0.0384. The molecule has 0 spiro atoms. The molecule has 0 bridgehead atoms. The predicted octanol–water partition coefficient (Wildman–Crippen LogP) is 5.28. The zero-order valence-electron chi connectivity index (χ0n) is 14.7. The van der Waals surface area contributed by atoms with Crippen molar-refractivity contribution in [3.63, 3.8) is 0 Å². The van der Waals surface area contributed by atoms with Crippen LogP contribution >= 0.6 is 22.9 Å². The number of likely N-dealkylation sites (tertiary alicyclic amines) is 1. The Morgan fingerprint density at radius 3 is 2.67 bits per heavy atom. The van der Waals surface area contributed by atoms with Crippen molar-refractivity contribution in [2.75, 3.05) is 13.1 Å². The van der Waals surface area contributed by atoms with Crippen molar-refractivity contribution >= 4 is 28.8 Å². The maximum absolute atomic E-state index is 12.4. The first kappa shape index (κ1) is 18.0. The molecule has 4 rings (SSSR count). The highest BCUT2D eigenvalue weighted by Gasteiger charge is 2.21. The molecule has 27 heavy (non-hydrogen) atoms. The molecule has 0 aliphatic carbocycles. The molecule has 138 valence electrons. The van der Waals surface area contributed by atoms with E-state index in [4.69, 9.17) is 16.3 Å². The van der Waals surface area contributed by atoms with Crippen LogP contribution in [0.25, 0.3) is 10.6 Å². The van der Waals surface area contributed by atoms with Crippen LogP contribution in [0.5, 0.6) is 5.75 Å². The molecule has 0 saturated carbocycles. The highest BCUT2D eigenvalue weighted by Crippen LogP contribution is 2.27. The minimum Gasteiger partial charge on any atom is -0.489 e. The number of aromatic nitrogens is 1. The van der Waals surface area contributed by atoms with E-state index in [1.54, 1.807) is 0 Å². The molecule has 1 aliphatic heterocycles. The van der Waals surface area contributed by atoms with E-state index in [9.17, 15) is 4.79 Å². The van der Waals surface area contributed by atoms with E-state index in [-0.39, 0.29) is 5.91 Å². The van der Waals surface area contributed by atoms with Crippen molar-refractivity contribution in [3.8, 4) is 16.3 Å². The maximum Gasteiger partial charge on any atom is 0.273 e. The summed E-state index contributed by atoms with van der Waals surface area (Å²) in [5.41, 5.74) is 2.55. The summed E-state index contributed by atoms with van der Waals surface area (Å²) >= 11 is 7.49. The quantitative estimate of drug-likeness (QED) is 0.587. The Balaban J connectivity index is 1.41. The molecule has 1 amide bonds. The molecule has 1 aromatic heterocycles. The first-order valence-electron chi connectivity index (χ1n) is 8.91. The summed E-state index contributed by atoms with van der Waals surface area (Å²) in [6.45, 7) is 2.14. The second-order valence-electron chi connectivity index (χ2n) is 6.48. The number of benzene rings is 2. The van der Waals surface area contributed by atoms with Gasteiger partial charge >= 0.3 is 0 Å². The van der Waals surface area contributed by atoms with Gasteiger partial charge in [-0.3, -0.25) is 4.79 Å². The Kier molecular flexibility index (Phi) is 5.41. The van der Waals surface area contributed by atoms with Gasteiger partial charge in [0.15, 0.2) is 0 Å². The third-order valence-electron chi connectivity index (χ3n) is 4.51. The van der Waals surface area contributed by atoms with Gasteiger partial charge in [-0.1, -0.05) is 23.7 Å². The Hall–Kier alpha value is -2.37. The van der Waals surface area contributed by atoms with Gasteiger partial charge in [-0.2, -0.15) is 0 Å². The normalized spacial score (nSPS) is 13.7. The summed E-state index contributed by atoms with van der Waals surface area (Å²) in [4.78, 5) is 18.8. The smallest absolute Gasteiger partial charge is 0.273 e. The molecule has 1 fully saturated rings. The van der Waals surface area contributed by atoms with Gasteiger partial charge in [0, 0.05) is 29.1 Å². The highest BCUT2D eigenvalue weighted by atomic mass is 35.5. The number of rotatable bonds is 5. The van der Waals surface area contributed by atoms with Crippen LogP contribution in [-0.4, -0.2) is 28.9 Å². The molecule has 2 aromatic carbocycles. The van der Waals surface area contributed by atoms with Crippen molar-refractivity contribution in [3.05, 3.63) is 70.2 Å². The molecule has 2 heterocycles. The standard InChI is InChI=1S/C21H19ClN2O2S/c22-17-5-3-4-15(12-17)13-26-18-8-6-16(7-9-18)20-23-19(14-27-20)21(25)24-10-1-2-11-24/h3-9,12,14H,1-2,10-11,13H2. The molecule has 6 heteroatoms. The van der Waals surface area contributed by atoms with E-state index < -0.39 is 0 Å². The summed E-state index contributed by atoms with van der Waals surface area (Å²) < 4.78 is 5.81. The Morgan fingerprint density at radius 1 is 1.15 bits per heavy atom. The number of amides is 1. The van der Waals surface area contributed by atoms with Gasteiger partial charge in [-0.05, 0) is 54.8 Å². The van der Waals surface area contributed by atoms with Crippen molar-refractivity contribution in [1.82, 2.24) is 9.88 Å². The molecule has 1 aliphatic rings. The zero-order chi connectivity index (χ0) is 18.6. The lowest BCUT2D eigenvalue weighted by atomic mass is 10.2. The Morgan fingerprint density at radius 2 is 1.93 bits per heavy atom. The molecule has 4 nitrogen and oxygen atoms in total. The van der Waals surface area contributed by atoms with Crippen molar-refractivity contribution in [2.24, 2.45) is 0 Å². The Labute approximate surface area is 167 Å². The number of halogens is 1. The zero-order valence-corrected chi connectivity index (χ0v) is 16.3. The van der Waals surface area contributed by atoms with Gasteiger partial charge in [0.1, 0.15) is 23.1 Å². The molecule has 0 atom stereocenters. The van der Waals surface area contributed by atoms with E-state index in [1.807, 2.05) is 58.8 Å². The molecule has 3 aromatic rings. The topological polar surface area (TPSA) is 42.4 Å². The number of ether oxygens (including phenoxy) is 1. The van der Waals surface area contributed by atoms with Crippen LogP contribution in [0.4, 0.5) is 0 Å². The van der Waals surface area contributed by atoms with Crippen LogP contribution in [-0.2, 0) is 6.61 Å². The summed E-state index contributed by atoms with van der Waals surface area (Å²) in [6.07, 6.45) is 2.17. The van der Waals surface area contributed by atoms with Crippen molar-refractivity contribution in [2.45, 2.75) is 19.4 Å². The molecule has 1 saturated heterocycles. The van der Waals surface area contributed by atoms with Crippen LogP contribution in [0.3, 0.4) is 0 Å². The fourth-order valence-corrected chi connectivity index (χ4v) is 4.09. The SMILES string of the molecule is O=C(c1csc(-c2ccc(OCc3cccc(Cl)c3)cc2)n1)N1CCCC1. The maximum atomic E-state index is 12.4. The molecular formula is C21H19ClN2O2S. The van der Waals surface area contributed by atoms with Crippen molar-refractivity contribution < 1.29 is 9.53 Å². The first-order chi connectivity index (χ1) is 13.2. The van der Waals surface area contributed by atoms with Crippen LogP contribution in [0.2, 0.25) is 5.02 Å². The minimum atomic E-state index is 0.0384. The number of hydrogen-bond donors (Lipinski definition) is 0. The van der Waals surface area contributed by atoms with Crippen molar-refractivity contribution in [1.29, 1.82) is 0 Å². The summed E-state index contributed by atoms with van der Waals surface area (Å²) in [7, 11) is 0. The van der Waals surface area contributed by atoms with Crippen LogP contribution < -0.4 is 4.74 Å².